The van der Waals surface area contributed by atoms with Crippen molar-refractivity contribution < 1.29 is 5.11 Å². The van der Waals surface area contributed by atoms with Crippen LogP contribution in [0.3, 0.4) is 0 Å². The van der Waals surface area contributed by atoms with Gasteiger partial charge in [-0.25, -0.2) is 4.98 Å². The number of aliphatic hydroxyl groups is 1. The van der Waals surface area contributed by atoms with Crippen LogP contribution in [0.2, 0.25) is 0 Å². The second kappa shape index (κ2) is 6.95. The summed E-state index contributed by atoms with van der Waals surface area (Å²) < 4.78 is 1.22. The SMILES string of the molecule is OC(CCl)CNc1ccc2nc(C3CCCCC3)sc2c1. The number of nitrogens with zero attached hydrogens (tertiary/aromatic N) is 1. The molecule has 1 unspecified atom stereocenters. The molecule has 1 aromatic heterocycles. The molecule has 5 heteroatoms. The van der Waals surface area contributed by atoms with Gasteiger partial charge in [0.2, 0.25) is 0 Å². The molecular formula is C16H21ClN2OS. The molecule has 2 aromatic rings. The van der Waals surface area contributed by atoms with Crippen LogP contribution >= 0.6 is 22.9 Å². The number of aromatic nitrogens is 1. The van der Waals surface area contributed by atoms with E-state index in [1.165, 1.54) is 41.8 Å². The van der Waals surface area contributed by atoms with Gasteiger partial charge in [-0.1, -0.05) is 19.3 Å². The number of benzene rings is 1. The fourth-order valence-corrected chi connectivity index (χ4v) is 4.15. The smallest absolute Gasteiger partial charge is 0.0969 e. The van der Waals surface area contributed by atoms with Crippen LogP contribution in [-0.4, -0.2) is 28.6 Å². The summed E-state index contributed by atoms with van der Waals surface area (Å²) in [6.45, 7) is 0.475. The molecule has 0 bridgehead atoms. The van der Waals surface area contributed by atoms with Crippen LogP contribution in [0.15, 0.2) is 18.2 Å². The van der Waals surface area contributed by atoms with Crippen molar-refractivity contribution in [2.45, 2.75) is 44.1 Å². The zero-order valence-electron chi connectivity index (χ0n) is 12.0. The van der Waals surface area contributed by atoms with Crippen molar-refractivity contribution in [3.8, 4) is 0 Å². The highest BCUT2D eigenvalue weighted by molar-refractivity contribution is 7.18. The standard InChI is InChI=1S/C16H21ClN2OS/c17-9-13(20)10-18-12-6-7-14-15(8-12)21-16(19-14)11-4-2-1-3-5-11/h6-8,11,13,18,20H,1-5,9-10H2. The molecule has 3 nitrogen and oxygen atoms in total. The van der Waals surface area contributed by atoms with Crippen LogP contribution < -0.4 is 5.32 Å². The van der Waals surface area contributed by atoms with Gasteiger partial charge >= 0.3 is 0 Å². The van der Waals surface area contributed by atoms with Crippen molar-refractivity contribution in [3.05, 3.63) is 23.2 Å². The van der Waals surface area contributed by atoms with Crippen LogP contribution in [0.5, 0.6) is 0 Å². The summed E-state index contributed by atoms with van der Waals surface area (Å²) >= 11 is 7.42. The van der Waals surface area contributed by atoms with Gasteiger partial charge in [0.1, 0.15) is 0 Å². The minimum atomic E-state index is -0.512. The average molecular weight is 325 g/mol. The van der Waals surface area contributed by atoms with Crippen LogP contribution in [0, 0.1) is 0 Å². The molecule has 1 atom stereocenters. The zero-order valence-corrected chi connectivity index (χ0v) is 13.6. The Labute approximate surface area is 134 Å². The van der Waals surface area contributed by atoms with E-state index in [-0.39, 0.29) is 5.88 Å². The maximum atomic E-state index is 9.50. The second-order valence-electron chi connectivity index (χ2n) is 5.76. The van der Waals surface area contributed by atoms with E-state index in [4.69, 9.17) is 16.6 Å². The molecule has 0 spiro atoms. The summed E-state index contributed by atoms with van der Waals surface area (Å²) in [7, 11) is 0. The minimum absolute atomic E-state index is 0.252. The van der Waals surface area contributed by atoms with Crippen molar-refractivity contribution in [3.63, 3.8) is 0 Å². The van der Waals surface area contributed by atoms with Gasteiger partial charge < -0.3 is 10.4 Å². The Morgan fingerprint density at radius 3 is 2.90 bits per heavy atom. The van der Waals surface area contributed by atoms with Crippen molar-refractivity contribution in [2.75, 3.05) is 17.7 Å². The van der Waals surface area contributed by atoms with Crippen molar-refractivity contribution in [1.29, 1.82) is 0 Å². The van der Waals surface area contributed by atoms with E-state index in [1.807, 2.05) is 17.4 Å². The van der Waals surface area contributed by atoms with Gasteiger partial charge in [0.05, 0.1) is 27.2 Å². The Morgan fingerprint density at radius 1 is 1.33 bits per heavy atom. The van der Waals surface area contributed by atoms with Gasteiger partial charge in [0.15, 0.2) is 0 Å². The highest BCUT2D eigenvalue weighted by Crippen LogP contribution is 2.37. The maximum absolute atomic E-state index is 9.50. The number of hydrogen-bond acceptors (Lipinski definition) is 4. The zero-order chi connectivity index (χ0) is 14.7. The molecule has 21 heavy (non-hydrogen) atoms. The van der Waals surface area contributed by atoms with Gasteiger partial charge in [0.25, 0.3) is 0 Å². The molecular weight excluding hydrogens is 304 g/mol. The second-order valence-corrected chi connectivity index (χ2v) is 7.13. The van der Waals surface area contributed by atoms with E-state index in [0.717, 1.165) is 11.2 Å². The van der Waals surface area contributed by atoms with E-state index < -0.39 is 6.10 Å². The summed E-state index contributed by atoms with van der Waals surface area (Å²) in [6.07, 6.45) is 6.10. The Kier molecular flexibility index (Phi) is 4.99. The highest BCUT2D eigenvalue weighted by atomic mass is 35.5. The summed E-state index contributed by atoms with van der Waals surface area (Å²) in [5.41, 5.74) is 2.11. The summed E-state index contributed by atoms with van der Waals surface area (Å²) in [5, 5.41) is 14.0. The maximum Gasteiger partial charge on any atom is 0.0969 e. The van der Waals surface area contributed by atoms with Gasteiger partial charge in [-0.05, 0) is 31.0 Å². The number of fused-ring (bicyclic) bond motifs is 1. The van der Waals surface area contributed by atoms with Gasteiger partial charge in [-0.2, -0.15) is 0 Å². The lowest BCUT2D eigenvalue weighted by Gasteiger charge is -2.18. The Bertz CT molecular complexity index is 595. The number of alkyl halides is 1. The third kappa shape index (κ3) is 3.68. The quantitative estimate of drug-likeness (QED) is 0.803. The number of aliphatic hydroxyl groups excluding tert-OH is 1. The predicted octanol–water partition coefficient (Wildman–Crippen LogP) is 4.36. The molecule has 1 saturated carbocycles. The minimum Gasteiger partial charge on any atom is -0.390 e. The molecule has 0 radical (unpaired) electrons. The van der Waals surface area contributed by atoms with Crippen LogP contribution in [0.4, 0.5) is 5.69 Å². The first kappa shape index (κ1) is 15.1. The third-order valence-electron chi connectivity index (χ3n) is 4.08. The molecule has 0 amide bonds. The highest BCUT2D eigenvalue weighted by Gasteiger charge is 2.19. The van der Waals surface area contributed by atoms with E-state index in [9.17, 15) is 5.11 Å². The third-order valence-corrected chi connectivity index (χ3v) is 5.62. The van der Waals surface area contributed by atoms with Gasteiger partial charge in [-0.15, -0.1) is 22.9 Å². The molecule has 0 aliphatic heterocycles. The van der Waals surface area contributed by atoms with E-state index in [0.29, 0.717) is 12.5 Å². The molecule has 1 fully saturated rings. The molecule has 1 aliphatic carbocycles. The predicted molar refractivity (Wildman–Crippen MR) is 90.7 cm³/mol. The molecule has 1 heterocycles. The van der Waals surface area contributed by atoms with E-state index >= 15 is 0 Å². The lowest BCUT2D eigenvalue weighted by molar-refractivity contribution is 0.211. The molecule has 1 aromatic carbocycles. The number of thiazole rings is 1. The first-order chi connectivity index (χ1) is 10.3. The fraction of sp³-hybridized carbons (Fsp3) is 0.562. The lowest BCUT2D eigenvalue weighted by Crippen LogP contribution is -2.20. The van der Waals surface area contributed by atoms with Crippen LogP contribution in [-0.2, 0) is 0 Å². The molecule has 1 aliphatic rings. The summed E-state index contributed by atoms with van der Waals surface area (Å²) in [4.78, 5) is 4.81. The number of hydrogen-bond donors (Lipinski definition) is 2. The number of nitrogens with one attached hydrogen (secondary N) is 1. The van der Waals surface area contributed by atoms with Gasteiger partial charge in [-0.3, -0.25) is 0 Å². The number of anilines is 1. The molecule has 3 rings (SSSR count). The Balaban J connectivity index is 1.75. The first-order valence-electron chi connectivity index (χ1n) is 7.64. The largest absolute Gasteiger partial charge is 0.390 e. The van der Waals surface area contributed by atoms with E-state index in [1.54, 1.807) is 0 Å². The average Bonchev–Trinajstić information content (AvgIpc) is 2.96. The number of halogens is 1. The molecule has 0 saturated heterocycles. The van der Waals surface area contributed by atoms with Crippen molar-refractivity contribution in [2.24, 2.45) is 0 Å². The molecule has 2 N–H and O–H groups in total. The van der Waals surface area contributed by atoms with Gasteiger partial charge in [0, 0.05) is 18.2 Å². The number of rotatable bonds is 5. The van der Waals surface area contributed by atoms with Crippen molar-refractivity contribution in [1.82, 2.24) is 4.98 Å². The summed E-state index contributed by atoms with van der Waals surface area (Å²) in [6, 6.07) is 6.21. The van der Waals surface area contributed by atoms with Crippen LogP contribution in [0.1, 0.15) is 43.0 Å². The molecule has 114 valence electrons. The fourth-order valence-electron chi connectivity index (χ4n) is 2.87. The summed E-state index contributed by atoms with van der Waals surface area (Å²) in [5.74, 6) is 0.910. The van der Waals surface area contributed by atoms with Crippen LogP contribution in [0.25, 0.3) is 10.2 Å². The topological polar surface area (TPSA) is 45.1 Å². The monoisotopic (exact) mass is 324 g/mol. The Hall–Kier alpha value is -0.840. The normalized spacial score (nSPS) is 18.0. The Morgan fingerprint density at radius 2 is 2.14 bits per heavy atom. The van der Waals surface area contributed by atoms with Crippen molar-refractivity contribution >= 4 is 38.8 Å². The first-order valence-corrected chi connectivity index (χ1v) is 9.00. The van der Waals surface area contributed by atoms with E-state index in [2.05, 4.69) is 17.4 Å². The lowest BCUT2D eigenvalue weighted by atomic mass is 9.90.